The van der Waals surface area contributed by atoms with Gasteiger partial charge in [0.1, 0.15) is 0 Å². The second-order valence-corrected chi connectivity index (χ2v) is 6.50. The number of ether oxygens (including phenoxy) is 1. The summed E-state index contributed by atoms with van der Waals surface area (Å²) in [6, 6.07) is 3.94. The van der Waals surface area contributed by atoms with Crippen LogP contribution in [-0.4, -0.2) is 35.6 Å². The van der Waals surface area contributed by atoms with Crippen molar-refractivity contribution in [2.75, 3.05) is 13.1 Å². The van der Waals surface area contributed by atoms with Crippen LogP contribution in [0.5, 0.6) is 0 Å². The van der Waals surface area contributed by atoms with Crippen LogP contribution in [0.25, 0.3) is 0 Å². The molecule has 2 heterocycles. The predicted octanol–water partition coefficient (Wildman–Crippen LogP) is 2.45. The minimum absolute atomic E-state index is 0.000366. The highest BCUT2D eigenvalue weighted by atomic mass is 32.1. The number of morpholine rings is 1. The second kappa shape index (κ2) is 3.82. The summed E-state index contributed by atoms with van der Waals surface area (Å²) < 4.78 is 5.92. The lowest BCUT2D eigenvalue weighted by Crippen LogP contribution is -2.50. The molecule has 4 heteroatoms. The number of hydrogen-bond donors (Lipinski definition) is 0. The maximum absolute atomic E-state index is 12.4. The molecule has 17 heavy (non-hydrogen) atoms. The molecule has 2 aliphatic rings. The van der Waals surface area contributed by atoms with Crippen molar-refractivity contribution in [3.05, 3.63) is 21.9 Å². The summed E-state index contributed by atoms with van der Waals surface area (Å²) in [5.41, 5.74) is -0.000366. The van der Waals surface area contributed by atoms with Gasteiger partial charge >= 0.3 is 0 Å². The number of hydrogen-bond acceptors (Lipinski definition) is 3. The van der Waals surface area contributed by atoms with Gasteiger partial charge in [0, 0.05) is 11.4 Å². The van der Waals surface area contributed by atoms with Gasteiger partial charge in [0.2, 0.25) is 0 Å². The molecule has 92 valence electrons. The zero-order valence-corrected chi connectivity index (χ0v) is 11.0. The van der Waals surface area contributed by atoms with Crippen LogP contribution in [-0.2, 0) is 4.74 Å². The van der Waals surface area contributed by atoms with Crippen molar-refractivity contribution in [2.24, 2.45) is 0 Å². The van der Waals surface area contributed by atoms with E-state index in [1.54, 1.807) is 11.3 Å². The van der Waals surface area contributed by atoms with Crippen molar-refractivity contribution >= 4 is 17.2 Å². The van der Waals surface area contributed by atoms with Crippen molar-refractivity contribution in [1.29, 1.82) is 0 Å². The predicted molar refractivity (Wildman–Crippen MR) is 67.5 cm³/mol. The largest absolute Gasteiger partial charge is 0.368 e. The first-order valence-corrected chi connectivity index (χ1v) is 6.93. The summed E-state index contributed by atoms with van der Waals surface area (Å²) in [5, 5.41) is 0. The summed E-state index contributed by atoms with van der Waals surface area (Å²) in [5.74, 6) is 0.171. The zero-order valence-electron chi connectivity index (χ0n) is 10.2. The highest BCUT2D eigenvalue weighted by molar-refractivity contribution is 7.13. The molecule has 1 aliphatic heterocycles. The first kappa shape index (κ1) is 11.2. The number of carbonyl (C=O) groups excluding carboxylic acids is 1. The minimum atomic E-state index is -0.000366. The number of aryl methyl sites for hydroxylation is 1. The Kier molecular flexibility index (Phi) is 2.52. The van der Waals surface area contributed by atoms with Crippen LogP contribution in [0.2, 0.25) is 0 Å². The molecule has 2 fully saturated rings. The van der Waals surface area contributed by atoms with Crippen LogP contribution in [0, 0.1) is 6.92 Å². The topological polar surface area (TPSA) is 29.5 Å². The van der Waals surface area contributed by atoms with E-state index < -0.39 is 0 Å². The van der Waals surface area contributed by atoms with Crippen molar-refractivity contribution in [3.8, 4) is 0 Å². The van der Waals surface area contributed by atoms with E-state index in [0.29, 0.717) is 0 Å². The summed E-state index contributed by atoms with van der Waals surface area (Å²) in [6.45, 7) is 5.58. The lowest BCUT2D eigenvalue weighted by molar-refractivity contribution is -0.0830. The quantitative estimate of drug-likeness (QED) is 0.767. The fraction of sp³-hybridized carbons (Fsp3) is 0.615. The molecule has 1 spiro atoms. The molecular formula is C13H17NO2S. The normalized spacial score (nSPS) is 26.2. The Hall–Kier alpha value is -0.870. The Morgan fingerprint density at radius 1 is 1.53 bits per heavy atom. The van der Waals surface area contributed by atoms with E-state index in [0.717, 1.165) is 30.8 Å². The van der Waals surface area contributed by atoms with E-state index in [1.165, 1.54) is 4.88 Å². The molecule has 0 bridgehead atoms. The van der Waals surface area contributed by atoms with Gasteiger partial charge in [0.15, 0.2) is 0 Å². The van der Waals surface area contributed by atoms with Gasteiger partial charge < -0.3 is 9.64 Å². The summed E-state index contributed by atoms with van der Waals surface area (Å²) in [4.78, 5) is 16.4. The summed E-state index contributed by atoms with van der Waals surface area (Å²) >= 11 is 1.58. The van der Waals surface area contributed by atoms with Gasteiger partial charge in [-0.05, 0) is 38.8 Å². The number of amides is 1. The van der Waals surface area contributed by atoms with Crippen molar-refractivity contribution in [2.45, 2.75) is 38.4 Å². The minimum Gasteiger partial charge on any atom is -0.368 e. The van der Waals surface area contributed by atoms with Crippen molar-refractivity contribution in [3.63, 3.8) is 0 Å². The van der Waals surface area contributed by atoms with Crippen LogP contribution in [0.3, 0.4) is 0 Å². The number of rotatable bonds is 1. The van der Waals surface area contributed by atoms with Gasteiger partial charge in [-0.2, -0.15) is 0 Å². The summed E-state index contributed by atoms with van der Waals surface area (Å²) in [7, 11) is 0. The lowest BCUT2D eigenvalue weighted by atomic mass is 10.2. The van der Waals surface area contributed by atoms with Gasteiger partial charge in [0.05, 0.1) is 23.1 Å². The van der Waals surface area contributed by atoms with E-state index >= 15 is 0 Å². The molecule has 3 nitrogen and oxygen atoms in total. The average molecular weight is 251 g/mol. The van der Waals surface area contributed by atoms with E-state index in [2.05, 4.69) is 6.92 Å². The van der Waals surface area contributed by atoms with Crippen LogP contribution in [0.4, 0.5) is 0 Å². The SMILES string of the molecule is Cc1ccc(C(=O)N2C[C@@H](C)OC3(CC3)C2)s1. The molecule has 1 amide bonds. The molecule has 0 aromatic carbocycles. The Bertz CT molecular complexity index is 450. The summed E-state index contributed by atoms with van der Waals surface area (Å²) in [6.07, 6.45) is 2.37. The van der Waals surface area contributed by atoms with Crippen LogP contribution in [0.15, 0.2) is 12.1 Å². The van der Waals surface area contributed by atoms with E-state index in [1.807, 2.05) is 24.0 Å². The molecule has 1 atom stereocenters. The smallest absolute Gasteiger partial charge is 0.264 e. The van der Waals surface area contributed by atoms with Gasteiger partial charge in [-0.15, -0.1) is 11.3 Å². The van der Waals surface area contributed by atoms with Gasteiger partial charge in [-0.3, -0.25) is 4.79 Å². The Labute approximate surface area is 105 Å². The molecule has 1 saturated carbocycles. The molecule has 0 unspecified atom stereocenters. The molecule has 0 radical (unpaired) electrons. The van der Waals surface area contributed by atoms with E-state index in [9.17, 15) is 4.79 Å². The lowest BCUT2D eigenvalue weighted by Gasteiger charge is -2.37. The third-order valence-electron chi connectivity index (χ3n) is 3.45. The third kappa shape index (κ3) is 2.11. The molecular weight excluding hydrogens is 234 g/mol. The first-order valence-electron chi connectivity index (χ1n) is 6.12. The fourth-order valence-corrected chi connectivity index (χ4v) is 3.33. The average Bonchev–Trinajstić information content (AvgIpc) is 2.86. The Balaban J connectivity index is 1.77. The van der Waals surface area contributed by atoms with Crippen LogP contribution >= 0.6 is 11.3 Å². The number of thiophene rings is 1. The second-order valence-electron chi connectivity index (χ2n) is 5.21. The first-order chi connectivity index (χ1) is 8.08. The number of nitrogens with zero attached hydrogens (tertiary/aromatic N) is 1. The van der Waals surface area contributed by atoms with E-state index in [-0.39, 0.29) is 17.6 Å². The van der Waals surface area contributed by atoms with Crippen LogP contribution < -0.4 is 0 Å². The maximum Gasteiger partial charge on any atom is 0.264 e. The van der Waals surface area contributed by atoms with Gasteiger partial charge in [-0.25, -0.2) is 0 Å². The monoisotopic (exact) mass is 251 g/mol. The molecule has 0 N–H and O–H groups in total. The highest BCUT2D eigenvalue weighted by Crippen LogP contribution is 2.43. The molecule has 1 saturated heterocycles. The highest BCUT2D eigenvalue weighted by Gasteiger charge is 2.50. The maximum atomic E-state index is 12.4. The zero-order chi connectivity index (χ0) is 12.0. The molecule has 1 aromatic rings. The van der Waals surface area contributed by atoms with Gasteiger partial charge in [-0.1, -0.05) is 0 Å². The van der Waals surface area contributed by atoms with Crippen LogP contribution in [0.1, 0.15) is 34.3 Å². The Morgan fingerprint density at radius 2 is 2.29 bits per heavy atom. The van der Waals surface area contributed by atoms with Gasteiger partial charge in [0.25, 0.3) is 5.91 Å². The standard InChI is InChI=1S/C13H17NO2S/c1-9-7-14(8-13(16-9)5-6-13)12(15)11-4-3-10(2)17-11/h3-4,9H,5-8H2,1-2H3/t9-/m1/s1. The molecule has 1 aromatic heterocycles. The molecule has 1 aliphatic carbocycles. The third-order valence-corrected chi connectivity index (χ3v) is 4.44. The molecule has 3 rings (SSSR count). The van der Waals surface area contributed by atoms with Crippen molar-refractivity contribution in [1.82, 2.24) is 4.90 Å². The number of carbonyl (C=O) groups is 1. The van der Waals surface area contributed by atoms with Crippen molar-refractivity contribution < 1.29 is 9.53 Å². The van der Waals surface area contributed by atoms with E-state index in [4.69, 9.17) is 4.74 Å². The Morgan fingerprint density at radius 3 is 2.88 bits per heavy atom. The fourth-order valence-electron chi connectivity index (χ4n) is 2.50.